The Labute approximate surface area is 99.1 Å². The summed E-state index contributed by atoms with van der Waals surface area (Å²) >= 11 is 3.53. The van der Waals surface area contributed by atoms with Crippen molar-refractivity contribution in [3.05, 3.63) is 33.8 Å². The van der Waals surface area contributed by atoms with E-state index in [0.717, 1.165) is 11.0 Å². The Balaban J connectivity index is 2.28. The van der Waals surface area contributed by atoms with E-state index in [-0.39, 0.29) is 0 Å². The smallest absolute Gasteiger partial charge is 0.0716 e. The quantitative estimate of drug-likeness (QED) is 0.911. The first-order chi connectivity index (χ1) is 7.31. The summed E-state index contributed by atoms with van der Waals surface area (Å²) in [6.07, 6.45) is 2.50. The molecule has 0 aromatic heterocycles. The lowest BCUT2D eigenvalue weighted by molar-refractivity contribution is 0.183. The Morgan fingerprint density at radius 3 is 3.07 bits per heavy atom. The summed E-state index contributed by atoms with van der Waals surface area (Å²) in [7, 11) is 1.74. The molecule has 1 aliphatic rings. The van der Waals surface area contributed by atoms with Crippen LogP contribution in [0.1, 0.15) is 30.0 Å². The van der Waals surface area contributed by atoms with Gasteiger partial charge >= 0.3 is 0 Å². The molecule has 0 amide bonds. The fourth-order valence-corrected chi connectivity index (χ4v) is 2.51. The van der Waals surface area contributed by atoms with Crippen LogP contribution in [0.2, 0.25) is 0 Å². The second-order valence-corrected chi connectivity index (χ2v) is 4.84. The maximum atomic E-state index is 5.22. The van der Waals surface area contributed by atoms with E-state index in [1.807, 2.05) is 0 Å². The van der Waals surface area contributed by atoms with Crippen LogP contribution in [0.3, 0.4) is 0 Å². The lowest BCUT2D eigenvalue weighted by atomic mass is 10.00. The minimum atomic E-state index is 0.507. The SMILES string of the molecule is COCc1ccc(Br)cc1C1CCCN1. The van der Waals surface area contributed by atoms with Crippen LogP contribution in [0.4, 0.5) is 0 Å². The third-order valence-electron chi connectivity index (χ3n) is 2.84. The highest BCUT2D eigenvalue weighted by Gasteiger charge is 2.19. The maximum absolute atomic E-state index is 5.22. The summed E-state index contributed by atoms with van der Waals surface area (Å²) in [4.78, 5) is 0. The molecule has 0 bridgehead atoms. The lowest BCUT2D eigenvalue weighted by Crippen LogP contribution is -2.15. The van der Waals surface area contributed by atoms with Gasteiger partial charge in [-0.15, -0.1) is 0 Å². The highest BCUT2D eigenvalue weighted by molar-refractivity contribution is 9.10. The summed E-state index contributed by atoms with van der Waals surface area (Å²) in [6, 6.07) is 6.93. The van der Waals surface area contributed by atoms with Gasteiger partial charge in [-0.05, 0) is 42.6 Å². The van der Waals surface area contributed by atoms with Crippen molar-refractivity contribution >= 4 is 15.9 Å². The topological polar surface area (TPSA) is 21.3 Å². The molecule has 0 saturated carbocycles. The Hall–Kier alpha value is -0.380. The van der Waals surface area contributed by atoms with Crippen LogP contribution in [-0.2, 0) is 11.3 Å². The van der Waals surface area contributed by atoms with Crippen molar-refractivity contribution in [1.29, 1.82) is 0 Å². The minimum absolute atomic E-state index is 0.507. The molecule has 1 N–H and O–H groups in total. The van der Waals surface area contributed by atoms with E-state index in [1.54, 1.807) is 7.11 Å². The van der Waals surface area contributed by atoms with E-state index in [0.29, 0.717) is 12.6 Å². The predicted molar refractivity (Wildman–Crippen MR) is 64.8 cm³/mol. The zero-order valence-corrected chi connectivity index (χ0v) is 10.5. The number of ether oxygens (including phenoxy) is 1. The Morgan fingerprint density at radius 2 is 2.40 bits per heavy atom. The first kappa shape index (κ1) is 11.1. The molecule has 1 heterocycles. The van der Waals surface area contributed by atoms with Gasteiger partial charge in [-0.25, -0.2) is 0 Å². The van der Waals surface area contributed by atoms with Crippen molar-refractivity contribution in [2.45, 2.75) is 25.5 Å². The molecule has 2 rings (SSSR count). The maximum Gasteiger partial charge on any atom is 0.0716 e. The Morgan fingerprint density at radius 1 is 1.53 bits per heavy atom. The van der Waals surface area contributed by atoms with Crippen LogP contribution in [0.5, 0.6) is 0 Å². The van der Waals surface area contributed by atoms with E-state index in [9.17, 15) is 0 Å². The first-order valence-electron chi connectivity index (χ1n) is 5.32. The lowest BCUT2D eigenvalue weighted by Gasteiger charge is -2.16. The number of nitrogens with one attached hydrogen (secondary N) is 1. The van der Waals surface area contributed by atoms with E-state index in [4.69, 9.17) is 4.74 Å². The van der Waals surface area contributed by atoms with Gasteiger partial charge in [-0.1, -0.05) is 22.0 Å². The highest BCUT2D eigenvalue weighted by atomic mass is 79.9. The second kappa shape index (κ2) is 5.10. The van der Waals surface area contributed by atoms with Crippen LogP contribution in [0.25, 0.3) is 0 Å². The van der Waals surface area contributed by atoms with Crippen molar-refractivity contribution in [1.82, 2.24) is 5.32 Å². The van der Waals surface area contributed by atoms with Crippen molar-refractivity contribution in [3.8, 4) is 0 Å². The average Bonchev–Trinajstić information content (AvgIpc) is 2.74. The number of halogens is 1. The molecule has 1 unspecified atom stereocenters. The Kier molecular flexibility index (Phi) is 3.78. The van der Waals surface area contributed by atoms with Gasteiger partial charge < -0.3 is 10.1 Å². The van der Waals surface area contributed by atoms with Gasteiger partial charge in [-0.2, -0.15) is 0 Å². The standard InChI is InChI=1S/C12H16BrNO/c1-15-8-9-4-5-10(13)7-11(9)12-3-2-6-14-12/h4-5,7,12,14H,2-3,6,8H2,1H3. The predicted octanol–water partition coefficient (Wildman–Crippen LogP) is 3.02. The molecule has 1 aromatic carbocycles. The van der Waals surface area contributed by atoms with Crippen molar-refractivity contribution in [3.63, 3.8) is 0 Å². The normalized spacial score (nSPS) is 20.8. The average molecular weight is 270 g/mol. The molecule has 82 valence electrons. The van der Waals surface area contributed by atoms with E-state index in [1.165, 1.54) is 24.0 Å². The third kappa shape index (κ3) is 2.60. The van der Waals surface area contributed by atoms with Crippen molar-refractivity contribution in [2.75, 3.05) is 13.7 Å². The number of methoxy groups -OCH3 is 1. The van der Waals surface area contributed by atoms with E-state index in [2.05, 4.69) is 39.4 Å². The molecular weight excluding hydrogens is 254 g/mol. The summed E-state index contributed by atoms with van der Waals surface area (Å²) in [5.41, 5.74) is 2.67. The summed E-state index contributed by atoms with van der Waals surface area (Å²) in [5.74, 6) is 0. The van der Waals surface area contributed by atoms with E-state index >= 15 is 0 Å². The molecule has 15 heavy (non-hydrogen) atoms. The molecule has 0 radical (unpaired) electrons. The number of hydrogen-bond acceptors (Lipinski definition) is 2. The second-order valence-electron chi connectivity index (χ2n) is 3.93. The number of hydrogen-bond donors (Lipinski definition) is 1. The van der Waals surface area contributed by atoms with Crippen LogP contribution in [-0.4, -0.2) is 13.7 Å². The monoisotopic (exact) mass is 269 g/mol. The molecule has 3 heteroatoms. The molecule has 2 nitrogen and oxygen atoms in total. The van der Waals surface area contributed by atoms with Crippen LogP contribution >= 0.6 is 15.9 Å². The summed E-state index contributed by atoms with van der Waals surface area (Å²) in [6.45, 7) is 1.82. The number of rotatable bonds is 3. The van der Waals surface area contributed by atoms with Crippen molar-refractivity contribution < 1.29 is 4.74 Å². The van der Waals surface area contributed by atoms with Gasteiger partial charge in [0.2, 0.25) is 0 Å². The molecule has 1 aliphatic heterocycles. The van der Waals surface area contributed by atoms with Crippen LogP contribution in [0, 0.1) is 0 Å². The molecule has 1 aromatic rings. The largest absolute Gasteiger partial charge is 0.380 e. The molecule has 1 fully saturated rings. The van der Waals surface area contributed by atoms with Gasteiger partial charge in [0.1, 0.15) is 0 Å². The highest BCUT2D eigenvalue weighted by Crippen LogP contribution is 2.28. The zero-order valence-electron chi connectivity index (χ0n) is 8.92. The summed E-state index contributed by atoms with van der Waals surface area (Å²) < 4.78 is 6.37. The van der Waals surface area contributed by atoms with Crippen molar-refractivity contribution in [2.24, 2.45) is 0 Å². The van der Waals surface area contributed by atoms with Crippen LogP contribution in [0.15, 0.2) is 22.7 Å². The molecule has 0 aliphatic carbocycles. The van der Waals surface area contributed by atoms with Gasteiger partial charge in [-0.3, -0.25) is 0 Å². The van der Waals surface area contributed by atoms with Gasteiger partial charge in [0.05, 0.1) is 6.61 Å². The molecular formula is C12H16BrNO. The fraction of sp³-hybridized carbons (Fsp3) is 0.500. The minimum Gasteiger partial charge on any atom is -0.380 e. The summed E-state index contributed by atoms with van der Waals surface area (Å²) in [5, 5.41) is 3.52. The van der Waals surface area contributed by atoms with Gasteiger partial charge in [0, 0.05) is 17.6 Å². The number of benzene rings is 1. The van der Waals surface area contributed by atoms with Gasteiger partial charge in [0.25, 0.3) is 0 Å². The Bertz CT molecular complexity index is 334. The third-order valence-corrected chi connectivity index (χ3v) is 3.34. The van der Waals surface area contributed by atoms with Gasteiger partial charge in [0.15, 0.2) is 0 Å². The van der Waals surface area contributed by atoms with Crippen LogP contribution < -0.4 is 5.32 Å². The zero-order chi connectivity index (χ0) is 10.7. The first-order valence-corrected chi connectivity index (χ1v) is 6.11. The molecule has 1 saturated heterocycles. The van der Waals surface area contributed by atoms with E-state index < -0.39 is 0 Å². The molecule has 0 spiro atoms. The molecule has 1 atom stereocenters. The fourth-order valence-electron chi connectivity index (χ4n) is 2.13.